The van der Waals surface area contributed by atoms with Crippen LogP contribution in [0.5, 0.6) is 5.75 Å². The first-order valence-electron chi connectivity index (χ1n) is 6.35. The van der Waals surface area contributed by atoms with E-state index in [1.54, 1.807) is 31.2 Å². The maximum atomic E-state index is 12.4. The molecule has 0 spiro atoms. The zero-order valence-corrected chi connectivity index (χ0v) is 11.5. The summed E-state index contributed by atoms with van der Waals surface area (Å²) in [6, 6.07) is 5.21. The molecule has 0 radical (unpaired) electrons. The van der Waals surface area contributed by atoms with Gasteiger partial charge in [0.05, 0.1) is 19.3 Å². The molecule has 0 unspecified atom stereocenters. The van der Waals surface area contributed by atoms with Crippen molar-refractivity contribution in [2.45, 2.75) is 19.1 Å². The topological polar surface area (TPSA) is 61.8 Å². The van der Waals surface area contributed by atoms with Gasteiger partial charge >= 0.3 is 0 Å². The Morgan fingerprint density at radius 2 is 2.21 bits per heavy atom. The van der Waals surface area contributed by atoms with Crippen LogP contribution in [0.3, 0.4) is 0 Å². The summed E-state index contributed by atoms with van der Waals surface area (Å²) in [4.78, 5) is 14.0. The lowest BCUT2D eigenvalue weighted by Gasteiger charge is -2.26. The van der Waals surface area contributed by atoms with Crippen molar-refractivity contribution in [3.8, 4) is 5.75 Å². The van der Waals surface area contributed by atoms with Crippen LogP contribution < -0.4 is 10.1 Å². The van der Waals surface area contributed by atoms with Gasteiger partial charge in [0, 0.05) is 25.7 Å². The van der Waals surface area contributed by atoms with Crippen molar-refractivity contribution >= 4 is 5.91 Å². The number of rotatable bonds is 3. The Hall–Kier alpha value is -1.59. The van der Waals surface area contributed by atoms with Gasteiger partial charge in [-0.25, -0.2) is 0 Å². The Morgan fingerprint density at radius 1 is 1.47 bits per heavy atom. The average Bonchev–Trinajstić information content (AvgIpc) is 2.84. The van der Waals surface area contributed by atoms with Crippen molar-refractivity contribution in [2.75, 3.05) is 27.2 Å². The third-order valence-electron chi connectivity index (χ3n) is 3.62. The first kappa shape index (κ1) is 13.8. The van der Waals surface area contributed by atoms with Crippen molar-refractivity contribution < 1.29 is 14.6 Å². The van der Waals surface area contributed by atoms with Gasteiger partial charge in [-0.1, -0.05) is 6.07 Å². The van der Waals surface area contributed by atoms with Crippen LogP contribution >= 0.6 is 0 Å². The van der Waals surface area contributed by atoms with Gasteiger partial charge in [-0.15, -0.1) is 0 Å². The zero-order chi connectivity index (χ0) is 14.0. The van der Waals surface area contributed by atoms with Crippen molar-refractivity contribution in [3.63, 3.8) is 0 Å². The van der Waals surface area contributed by atoms with Crippen molar-refractivity contribution in [2.24, 2.45) is 0 Å². The lowest BCUT2D eigenvalue weighted by atomic mass is 10.1. The fourth-order valence-electron chi connectivity index (χ4n) is 2.35. The Balaban J connectivity index is 2.19. The minimum absolute atomic E-state index is 0.106. The molecule has 2 N–H and O–H groups in total. The third kappa shape index (κ3) is 2.72. The molecule has 0 bridgehead atoms. The molecule has 1 aromatic rings. The van der Waals surface area contributed by atoms with E-state index >= 15 is 0 Å². The normalized spacial score (nSPS) is 22.3. The number of aryl methyl sites for hydroxylation is 1. The molecule has 1 heterocycles. The fourth-order valence-corrected chi connectivity index (χ4v) is 2.35. The molecular formula is C14H20N2O3. The standard InChI is InChI=1S/C14H20N2O3/c1-9-4-5-10(6-13(9)19-3)14(18)16(2)11-7-15-8-12(11)17/h4-6,11-12,15,17H,7-8H2,1-3H3/t11-,12-/m0/s1. The van der Waals surface area contributed by atoms with Crippen LogP contribution in [0.25, 0.3) is 0 Å². The summed E-state index contributed by atoms with van der Waals surface area (Å²) in [5, 5.41) is 12.9. The van der Waals surface area contributed by atoms with Crippen molar-refractivity contribution in [3.05, 3.63) is 29.3 Å². The molecule has 5 heteroatoms. The predicted octanol–water partition coefficient (Wildman–Crippen LogP) is 0.408. The summed E-state index contributed by atoms with van der Waals surface area (Å²) in [6.45, 7) is 3.08. The molecule has 1 saturated heterocycles. The van der Waals surface area contributed by atoms with Crippen LogP contribution in [0.2, 0.25) is 0 Å². The Bertz CT molecular complexity index is 476. The largest absolute Gasteiger partial charge is 0.496 e. The van der Waals surface area contributed by atoms with Crippen molar-refractivity contribution in [1.29, 1.82) is 0 Å². The highest BCUT2D eigenvalue weighted by atomic mass is 16.5. The number of hydrogen-bond acceptors (Lipinski definition) is 4. The van der Waals surface area contributed by atoms with E-state index in [4.69, 9.17) is 4.74 Å². The van der Waals surface area contributed by atoms with E-state index in [0.29, 0.717) is 24.4 Å². The van der Waals surface area contributed by atoms with Gasteiger partial charge in [-0.2, -0.15) is 0 Å². The number of aliphatic hydroxyl groups excluding tert-OH is 1. The number of hydrogen-bond donors (Lipinski definition) is 2. The summed E-state index contributed by atoms with van der Waals surface area (Å²) in [7, 11) is 3.31. The Kier molecular flexibility index (Phi) is 4.07. The molecule has 0 aromatic heterocycles. The molecule has 2 rings (SSSR count). The molecule has 1 aromatic carbocycles. The van der Waals surface area contributed by atoms with Gasteiger partial charge in [0.2, 0.25) is 0 Å². The summed E-state index contributed by atoms with van der Waals surface area (Å²) >= 11 is 0. The highest BCUT2D eigenvalue weighted by Crippen LogP contribution is 2.21. The molecule has 104 valence electrons. The molecule has 0 aliphatic carbocycles. The molecular weight excluding hydrogens is 244 g/mol. The number of aliphatic hydroxyl groups is 1. The van der Waals surface area contributed by atoms with Gasteiger partial charge in [0.1, 0.15) is 5.75 Å². The van der Waals surface area contributed by atoms with E-state index in [-0.39, 0.29) is 11.9 Å². The second kappa shape index (κ2) is 5.59. The average molecular weight is 264 g/mol. The highest BCUT2D eigenvalue weighted by Gasteiger charge is 2.31. The SMILES string of the molecule is COc1cc(C(=O)N(C)[C@H]2CNC[C@@H]2O)ccc1C. The number of likely N-dealkylation sites (N-methyl/N-ethyl adjacent to an activating group) is 1. The van der Waals surface area contributed by atoms with E-state index in [1.807, 2.05) is 13.0 Å². The fraction of sp³-hybridized carbons (Fsp3) is 0.500. The van der Waals surface area contributed by atoms with Crippen LogP contribution in [0.15, 0.2) is 18.2 Å². The van der Waals surface area contributed by atoms with Crippen LogP contribution in [0.4, 0.5) is 0 Å². The Labute approximate surface area is 113 Å². The quantitative estimate of drug-likeness (QED) is 0.830. The summed E-state index contributed by atoms with van der Waals surface area (Å²) in [5.41, 5.74) is 1.56. The molecule has 1 fully saturated rings. The molecule has 2 atom stereocenters. The number of β-amino-alcohol motifs (C(OH)–C–C–N with tert-alkyl or cyclic N) is 1. The maximum absolute atomic E-state index is 12.4. The highest BCUT2D eigenvalue weighted by molar-refractivity contribution is 5.94. The number of ether oxygens (including phenoxy) is 1. The van der Waals surface area contributed by atoms with E-state index < -0.39 is 6.10 Å². The van der Waals surface area contributed by atoms with Crippen LogP contribution in [0, 0.1) is 6.92 Å². The van der Waals surface area contributed by atoms with E-state index in [2.05, 4.69) is 5.32 Å². The number of carbonyl (C=O) groups is 1. The van der Waals surface area contributed by atoms with Gasteiger partial charge < -0.3 is 20.1 Å². The first-order valence-corrected chi connectivity index (χ1v) is 6.35. The van der Waals surface area contributed by atoms with Gasteiger partial charge in [-0.05, 0) is 24.6 Å². The zero-order valence-electron chi connectivity index (χ0n) is 11.5. The van der Waals surface area contributed by atoms with Gasteiger partial charge in [0.25, 0.3) is 5.91 Å². The first-order chi connectivity index (χ1) is 9.04. The smallest absolute Gasteiger partial charge is 0.254 e. The number of nitrogens with zero attached hydrogens (tertiary/aromatic N) is 1. The van der Waals surface area contributed by atoms with Crippen LogP contribution in [0.1, 0.15) is 15.9 Å². The molecule has 1 aliphatic heterocycles. The molecule has 1 aliphatic rings. The van der Waals surface area contributed by atoms with Gasteiger partial charge in [0.15, 0.2) is 0 Å². The van der Waals surface area contributed by atoms with Crippen molar-refractivity contribution in [1.82, 2.24) is 10.2 Å². The third-order valence-corrected chi connectivity index (χ3v) is 3.62. The lowest BCUT2D eigenvalue weighted by Crippen LogP contribution is -2.44. The number of carbonyl (C=O) groups excluding carboxylic acids is 1. The monoisotopic (exact) mass is 264 g/mol. The molecule has 1 amide bonds. The lowest BCUT2D eigenvalue weighted by molar-refractivity contribution is 0.0581. The van der Waals surface area contributed by atoms with E-state index in [9.17, 15) is 9.90 Å². The predicted molar refractivity (Wildman–Crippen MR) is 72.5 cm³/mol. The van der Waals surface area contributed by atoms with Crippen LogP contribution in [-0.4, -0.2) is 55.3 Å². The molecule has 5 nitrogen and oxygen atoms in total. The summed E-state index contributed by atoms with van der Waals surface area (Å²) in [6.07, 6.45) is -0.513. The van der Waals surface area contributed by atoms with Gasteiger partial charge in [-0.3, -0.25) is 4.79 Å². The number of amides is 1. The second-order valence-corrected chi connectivity index (χ2v) is 4.89. The maximum Gasteiger partial charge on any atom is 0.254 e. The minimum Gasteiger partial charge on any atom is -0.496 e. The summed E-state index contributed by atoms with van der Waals surface area (Å²) < 4.78 is 5.23. The number of benzene rings is 1. The van der Waals surface area contributed by atoms with Crippen LogP contribution in [-0.2, 0) is 0 Å². The summed E-state index contributed by atoms with van der Waals surface area (Å²) in [5.74, 6) is 0.593. The van der Waals surface area contributed by atoms with E-state index in [1.165, 1.54) is 0 Å². The van der Waals surface area contributed by atoms with E-state index in [0.717, 1.165) is 5.56 Å². The second-order valence-electron chi connectivity index (χ2n) is 4.89. The Morgan fingerprint density at radius 3 is 2.79 bits per heavy atom. The minimum atomic E-state index is -0.513. The molecule has 0 saturated carbocycles. The number of methoxy groups -OCH3 is 1. The molecule has 19 heavy (non-hydrogen) atoms. The number of nitrogens with one attached hydrogen (secondary N) is 1.